The Morgan fingerprint density at radius 1 is 1.07 bits per heavy atom. The molecule has 8 heteroatoms. The molecule has 4 N–H and O–H groups in total. The molecule has 3 saturated carbocycles. The zero-order valence-corrected chi connectivity index (χ0v) is 29.2. The fourth-order valence-electron chi connectivity index (χ4n) is 10.6. The Balaban J connectivity index is 1.78. The monoisotopic (exact) mass is 634 g/mol. The molecule has 4 fully saturated rings. The van der Waals surface area contributed by atoms with E-state index in [4.69, 9.17) is 14.2 Å². The summed E-state index contributed by atoms with van der Waals surface area (Å²) in [5.74, 6) is 0.410. The first-order valence-corrected chi connectivity index (χ1v) is 17.3. The third kappa shape index (κ3) is 6.33. The first-order valence-electron chi connectivity index (χ1n) is 17.3. The van der Waals surface area contributed by atoms with Crippen LogP contribution in [0.25, 0.3) is 0 Å². The van der Waals surface area contributed by atoms with Crippen molar-refractivity contribution in [2.24, 2.45) is 45.8 Å². The van der Waals surface area contributed by atoms with Crippen LogP contribution in [0.1, 0.15) is 106 Å². The van der Waals surface area contributed by atoms with Gasteiger partial charge in [-0.25, -0.2) is 0 Å². The van der Waals surface area contributed by atoms with Crippen LogP contribution in [0.15, 0.2) is 24.3 Å². The molecule has 3 aliphatic carbocycles. The van der Waals surface area contributed by atoms with Crippen molar-refractivity contribution in [2.75, 3.05) is 13.7 Å². The molecule has 0 amide bonds. The van der Waals surface area contributed by atoms with Crippen molar-refractivity contribution in [3.05, 3.63) is 24.3 Å². The Kier molecular flexibility index (Phi) is 10.8. The van der Waals surface area contributed by atoms with Crippen molar-refractivity contribution < 1.29 is 39.4 Å². The van der Waals surface area contributed by atoms with Crippen LogP contribution < -0.4 is 0 Å². The van der Waals surface area contributed by atoms with E-state index in [2.05, 4.69) is 54.7 Å². The lowest BCUT2D eigenvalue weighted by Crippen LogP contribution is -2.64. The first-order chi connectivity index (χ1) is 20.9. The largest absolute Gasteiger partial charge is 0.469 e. The Morgan fingerprint density at radius 2 is 1.71 bits per heavy atom. The normalized spacial score (nSPS) is 44.2. The average molecular weight is 635 g/mol. The average Bonchev–Trinajstić information content (AvgIpc) is 3.49. The molecule has 1 heterocycles. The highest BCUT2D eigenvalue weighted by Crippen LogP contribution is 2.74. The van der Waals surface area contributed by atoms with Crippen molar-refractivity contribution >= 4 is 5.97 Å². The second kappa shape index (κ2) is 13.3. The van der Waals surface area contributed by atoms with Gasteiger partial charge in [-0.3, -0.25) is 4.79 Å². The Hall–Kier alpha value is -1.29. The number of rotatable bonds is 12. The summed E-state index contributed by atoms with van der Waals surface area (Å²) in [7, 11) is 1.43. The Morgan fingerprint density at radius 3 is 2.27 bits per heavy atom. The van der Waals surface area contributed by atoms with Gasteiger partial charge >= 0.3 is 5.97 Å². The lowest BCUT2D eigenvalue weighted by Gasteiger charge is -2.68. The molecule has 4 rings (SSSR count). The number of ether oxygens (including phenoxy) is 3. The number of aliphatic hydroxyl groups is 4. The molecular formula is C37H62O8. The van der Waals surface area contributed by atoms with Crippen molar-refractivity contribution in [3.63, 3.8) is 0 Å². The second-order valence-corrected chi connectivity index (χ2v) is 16.4. The first kappa shape index (κ1) is 36.5. The van der Waals surface area contributed by atoms with Gasteiger partial charge < -0.3 is 34.6 Å². The molecular weight excluding hydrogens is 572 g/mol. The molecule has 0 unspecified atom stereocenters. The molecule has 258 valence electrons. The molecule has 0 aromatic heterocycles. The number of allylic oxidation sites excluding steroid dienone is 2. The third-order valence-corrected chi connectivity index (χ3v) is 13.7. The molecule has 0 aromatic rings. The van der Waals surface area contributed by atoms with Gasteiger partial charge in [0.05, 0.1) is 25.4 Å². The van der Waals surface area contributed by atoms with Gasteiger partial charge in [0.15, 0.2) is 6.29 Å². The molecule has 1 aliphatic heterocycles. The van der Waals surface area contributed by atoms with Crippen LogP contribution in [-0.4, -0.2) is 76.4 Å². The summed E-state index contributed by atoms with van der Waals surface area (Å²) < 4.78 is 17.8. The number of esters is 1. The molecule has 0 spiro atoms. The quantitative estimate of drug-likeness (QED) is 0.163. The van der Waals surface area contributed by atoms with Crippen molar-refractivity contribution in [2.45, 2.75) is 143 Å². The SMILES string of the molecule is C=C(CC[C@](C)(O)[C@H]1CC[C@]2(C)[C@@H]1[C@H](O[C@@H]1O[C@@H](CO)[C@H](O)[C@H]1O)C[C@@H]1[C@@](C)(CCC(=O)OC)[C@H](C(=C)C)CC[C@]12C)C(C)C. The Labute approximate surface area is 271 Å². The molecule has 0 bridgehead atoms. The minimum absolute atomic E-state index is 0.0339. The molecule has 0 radical (unpaired) electrons. The highest BCUT2D eigenvalue weighted by atomic mass is 16.7. The number of hydrogen-bond donors (Lipinski definition) is 4. The maximum atomic E-state index is 12.5. The summed E-state index contributed by atoms with van der Waals surface area (Å²) in [5, 5.41) is 43.5. The third-order valence-electron chi connectivity index (χ3n) is 13.7. The van der Waals surface area contributed by atoms with E-state index in [0.29, 0.717) is 31.6 Å². The lowest BCUT2D eigenvalue weighted by molar-refractivity contribution is -0.270. The fourth-order valence-corrected chi connectivity index (χ4v) is 10.6. The van der Waals surface area contributed by atoms with Gasteiger partial charge in [-0.2, -0.15) is 0 Å². The number of aliphatic hydroxyl groups excluding tert-OH is 3. The maximum Gasteiger partial charge on any atom is 0.305 e. The van der Waals surface area contributed by atoms with Gasteiger partial charge in [0.1, 0.15) is 18.3 Å². The van der Waals surface area contributed by atoms with Crippen molar-refractivity contribution in [1.82, 2.24) is 0 Å². The molecule has 13 atom stereocenters. The zero-order chi connectivity index (χ0) is 33.7. The number of methoxy groups -OCH3 is 1. The highest BCUT2D eigenvalue weighted by molar-refractivity contribution is 5.69. The molecule has 1 saturated heterocycles. The molecule has 0 aromatic carbocycles. The molecule has 45 heavy (non-hydrogen) atoms. The fraction of sp³-hybridized carbons (Fsp3) is 0.865. The smallest absolute Gasteiger partial charge is 0.305 e. The van der Waals surface area contributed by atoms with Gasteiger partial charge in [0.25, 0.3) is 0 Å². The van der Waals surface area contributed by atoms with Gasteiger partial charge in [-0.1, -0.05) is 58.9 Å². The van der Waals surface area contributed by atoms with Crippen LogP contribution in [-0.2, 0) is 19.0 Å². The number of hydrogen-bond acceptors (Lipinski definition) is 8. The van der Waals surface area contributed by atoms with Gasteiger partial charge in [-0.05, 0) is 111 Å². The van der Waals surface area contributed by atoms with Crippen LogP contribution in [0.5, 0.6) is 0 Å². The minimum atomic E-state index is -1.29. The van der Waals surface area contributed by atoms with E-state index in [-0.39, 0.29) is 52.0 Å². The van der Waals surface area contributed by atoms with Crippen LogP contribution >= 0.6 is 0 Å². The van der Waals surface area contributed by atoms with Gasteiger partial charge in [0, 0.05) is 6.42 Å². The van der Waals surface area contributed by atoms with E-state index in [1.165, 1.54) is 7.11 Å². The lowest BCUT2D eigenvalue weighted by atomic mass is 9.37. The van der Waals surface area contributed by atoms with E-state index in [1.807, 2.05) is 6.92 Å². The molecule has 8 nitrogen and oxygen atoms in total. The predicted octanol–water partition coefficient (Wildman–Crippen LogP) is 5.56. The topological polar surface area (TPSA) is 126 Å². The summed E-state index contributed by atoms with van der Waals surface area (Å²) in [5.41, 5.74) is 0.704. The van der Waals surface area contributed by atoms with E-state index in [1.54, 1.807) is 0 Å². The highest BCUT2D eigenvalue weighted by Gasteiger charge is 2.70. The van der Waals surface area contributed by atoms with Crippen LogP contribution in [0.4, 0.5) is 0 Å². The summed E-state index contributed by atoms with van der Waals surface area (Å²) in [6.45, 7) is 23.7. The number of fused-ring (bicyclic) bond motifs is 3. The van der Waals surface area contributed by atoms with E-state index in [9.17, 15) is 25.2 Å². The Bertz CT molecular complexity index is 1100. The number of carbonyl (C=O) groups is 1. The van der Waals surface area contributed by atoms with Crippen LogP contribution in [0.2, 0.25) is 0 Å². The van der Waals surface area contributed by atoms with Crippen molar-refractivity contribution in [3.8, 4) is 0 Å². The van der Waals surface area contributed by atoms with Crippen LogP contribution in [0, 0.1) is 45.8 Å². The van der Waals surface area contributed by atoms with Gasteiger partial charge in [0.2, 0.25) is 0 Å². The zero-order valence-electron chi connectivity index (χ0n) is 29.2. The van der Waals surface area contributed by atoms with Crippen molar-refractivity contribution in [1.29, 1.82) is 0 Å². The second-order valence-electron chi connectivity index (χ2n) is 16.4. The van der Waals surface area contributed by atoms with E-state index >= 15 is 0 Å². The summed E-state index contributed by atoms with van der Waals surface area (Å²) in [4.78, 5) is 12.5. The maximum absolute atomic E-state index is 12.5. The van der Waals surface area contributed by atoms with E-state index < -0.39 is 36.8 Å². The number of carbonyl (C=O) groups excluding carboxylic acids is 1. The standard InChI is InChI=1S/C37H62O8/c1-21(2)23(5)11-18-37(9,42)25-13-17-36(8)30(25)26(44-33-32(41)31(40)27(20-38)45-33)19-28-34(6,15-14-29(39)43-10)24(22(3)4)12-16-35(28,36)7/h21,24-28,30-33,38,40-42H,3,5,11-20H2,1-2,4,6-10H3/t24-,25-,26+,27-,28+,30-,31-,32+,33+,34-,35+,36+,37-/m0/s1. The minimum Gasteiger partial charge on any atom is -0.469 e. The van der Waals surface area contributed by atoms with Gasteiger partial charge in [-0.15, -0.1) is 0 Å². The van der Waals surface area contributed by atoms with E-state index in [0.717, 1.165) is 43.3 Å². The molecule has 4 aliphatic rings. The van der Waals surface area contributed by atoms with Crippen LogP contribution in [0.3, 0.4) is 0 Å². The summed E-state index contributed by atoms with van der Waals surface area (Å²) in [6, 6.07) is 0. The summed E-state index contributed by atoms with van der Waals surface area (Å²) >= 11 is 0. The summed E-state index contributed by atoms with van der Waals surface area (Å²) in [6.07, 6.45) is 1.82. The predicted molar refractivity (Wildman–Crippen MR) is 174 cm³/mol.